The first-order chi connectivity index (χ1) is 8.74. The standard InChI is InChI=1S/C14H13FO2S/c15-11-1-2-12-10(7-11)8-13(18-12)14(16)9-3-5-17-6-4-9/h1-2,7-9H,3-6H2. The topological polar surface area (TPSA) is 26.3 Å². The zero-order valence-corrected chi connectivity index (χ0v) is 10.6. The van der Waals surface area contributed by atoms with E-state index in [0.717, 1.165) is 27.8 Å². The van der Waals surface area contributed by atoms with Crippen molar-refractivity contribution in [3.05, 3.63) is 35.0 Å². The van der Waals surface area contributed by atoms with E-state index in [4.69, 9.17) is 4.74 Å². The zero-order chi connectivity index (χ0) is 12.5. The Morgan fingerprint density at radius 3 is 2.83 bits per heavy atom. The Morgan fingerprint density at radius 1 is 1.28 bits per heavy atom. The molecule has 1 fully saturated rings. The maximum atomic E-state index is 13.1. The number of thiophene rings is 1. The van der Waals surface area contributed by atoms with E-state index in [1.54, 1.807) is 12.1 Å². The molecule has 0 saturated carbocycles. The van der Waals surface area contributed by atoms with Crippen molar-refractivity contribution in [2.45, 2.75) is 12.8 Å². The van der Waals surface area contributed by atoms with Crippen molar-refractivity contribution < 1.29 is 13.9 Å². The van der Waals surface area contributed by atoms with Crippen molar-refractivity contribution in [2.75, 3.05) is 13.2 Å². The largest absolute Gasteiger partial charge is 0.381 e. The van der Waals surface area contributed by atoms with E-state index >= 15 is 0 Å². The zero-order valence-electron chi connectivity index (χ0n) is 9.82. The second kappa shape index (κ2) is 4.78. The number of ketones is 1. The molecule has 0 atom stereocenters. The minimum atomic E-state index is -0.259. The highest BCUT2D eigenvalue weighted by Gasteiger charge is 2.24. The van der Waals surface area contributed by atoms with Gasteiger partial charge in [0.2, 0.25) is 0 Å². The third-order valence-corrected chi connectivity index (χ3v) is 4.44. The Balaban J connectivity index is 1.91. The lowest BCUT2D eigenvalue weighted by Crippen LogP contribution is -2.22. The molecule has 1 saturated heterocycles. The highest BCUT2D eigenvalue weighted by molar-refractivity contribution is 7.20. The Labute approximate surface area is 108 Å². The average molecular weight is 264 g/mol. The first-order valence-electron chi connectivity index (χ1n) is 6.05. The quantitative estimate of drug-likeness (QED) is 0.774. The normalized spacial score (nSPS) is 17.2. The third kappa shape index (κ3) is 2.18. The average Bonchev–Trinajstić information content (AvgIpc) is 2.81. The molecule has 2 heterocycles. The summed E-state index contributed by atoms with van der Waals surface area (Å²) in [6.07, 6.45) is 1.59. The number of carbonyl (C=O) groups excluding carboxylic acids is 1. The Morgan fingerprint density at radius 2 is 2.06 bits per heavy atom. The second-order valence-electron chi connectivity index (χ2n) is 4.54. The van der Waals surface area contributed by atoms with Crippen LogP contribution in [0.25, 0.3) is 10.1 Å². The van der Waals surface area contributed by atoms with Crippen molar-refractivity contribution in [3.63, 3.8) is 0 Å². The number of hydrogen-bond acceptors (Lipinski definition) is 3. The number of rotatable bonds is 2. The molecule has 1 aromatic carbocycles. The van der Waals surface area contributed by atoms with E-state index < -0.39 is 0 Å². The highest BCUT2D eigenvalue weighted by Crippen LogP contribution is 2.30. The molecule has 1 aliphatic heterocycles. The van der Waals surface area contributed by atoms with E-state index in [2.05, 4.69) is 0 Å². The van der Waals surface area contributed by atoms with Crippen molar-refractivity contribution >= 4 is 27.2 Å². The van der Waals surface area contributed by atoms with Crippen LogP contribution in [-0.4, -0.2) is 19.0 Å². The summed E-state index contributed by atoms with van der Waals surface area (Å²) in [5.74, 6) is -0.0121. The van der Waals surface area contributed by atoms with Gasteiger partial charge in [0.05, 0.1) is 4.88 Å². The number of Topliss-reactive ketones (excluding diaryl/α,β-unsaturated/α-hetero) is 1. The molecule has 0 N–H and O–H groups in total. The third-order valence-electron chi connectivity index (χ3n) is 3.31. The van der Waals surface area contributed by atoms with Gasteiger partial charge in [-0.05, 0) is 42.5 Å². The maximum Gasteiger partial charge on any atom is 0.176 e. The second-order valence-corrected chi connectivity index (χ2v) is 5.63. The first kappa shape index (κ1) is 11.8. The molecule has 1 aromatic heterocycles. The van der Waals surface area contributed by atoms with Crippen LogP contribution >= 0.6 is 11.3 Å². The van der Waals surface area contributed by atoms with E-state index in [1.807, 2.05) is 0 Å². The summed E-state index contributed by atoms with van der Waals surface area (Å²) in [6, 6.07) is 6.45. The van der Waals surface area contributed by atoms with Crippen LogP contribution in [0.5, 0.6) is 0 Å². The van der Waals surface area contributed by atoms with Gasteiger partial charge in [-0.25, -0.2) is 4.39 Å². The van der Waals surface area contributed by atoms with Crippen LogP contribution in [-0.2, 0) is 4.74 Å². The lowest BCUT2D eigenvalue weighted by Gasteiger charge is -2.19. The van der Waals surface area contributed by atoms with Crippen LogP contribution in [0.4, 0.5) is 4.39 Å². The summed E-state index contributed by atoms with van der Waals surface area (Å²) in [4.78, 5) is 13.1. The summed E-state index contributed by atoms with van der Waals surface area (Å²) in [7, 11) is 0. The molecule has 0 aliphatic carbocycles. The molecule has 2 nitrogen and oxygen atoms in total. The summed E-state index contributed by atoms with van der Waals surface area (Å²) < 4.78 is 19.3. The fourth-order valence-electron chi connectivity index (χ4n) is 2.30. The molecule has 4 heteroatoms. The highest BCUT2D eigenvalue weighted by atomic mass is 32.1. The molecule has 0 radical (unpaired) electrons. The van der Waals surface area contributed by atoms with Gasteiger partial charge in [-0.2, -0.15) is 0 Å². The van der Waals surface area contributed by atoms with Gasteiger partial charge < -0.3 is 4.74 Å². The van der Waals surface area contributed by atoms with Crippen LogP contribution in [0.1, 0.15) is 22.5 Å². The number of hydrogen-bond donors (Lipinski definition) is 0. The minimum Gasteiger partial charge on any atom is -0.381 e. The first-order valence-corrected chi connectivity index (χ1v) is 6.87. The molecule has 18 heavy (non-hydrogen) atoms. The maximum absolute atomic E-state index is 13.1. The van der Waals surface area contributed by atoms with Crippen LogP contribution in [0, 0.1) is 11.7 Å². The summed E-state index contributed by atoms with van der Waals surface area (Å²) in [6.45, 7) is 1.33. The van der Waals surface area contributed by atoms with Crippen LogP contribution in [0.15, 0.2) is 24.3 Å². The fourth-order valence-corrected chi connectivity index (χ4v) is 3.36. The van der Waals surface area contributed by atoms with Gasteiger partial charge in [0, 0.05) is 23.8 Å². The van der Waals surface area contributed by atoms with E-state index in [1.165, 1.54) is 23.5 Å². The Hall–Kier alpha value is -1.26. The van der Waals surface area contributed by atoms with Crippen molar-refractivity contribution in [1.29, 1.82) is 0 Å². The molecule has 3 rings (SSSR count). The molecule has 94 valence electrons. The van der Waals surface area contributed by atoms with Gasteiger partial charge in [0.15, 0.2) is 5.78 Å². The SMILES string of the molecule is O=C(c1cc2cc(F)ccc2s1)C1CCOCC1. The van der Waals surface area contributed by atoms with Crippen LogP contribution in [0.3, 0.4) is 0 Å². The van der Waals surface area contributed by atoms with Crippen molar-refractivity contribution in [3.8, 4) is 0 Å². The number of ether oxygens (including phenoxy) is 1. The molecule has 0 spiro atoms. The summed E-state index contributed by atoms with van der Waals surface area (Å²) in [5, 5.41) is 0.815. The predicted octanol–water partition coefficient (Wildman–Crippen LogP) is 3.65. The monoisotopic (exact) mass is 264 g/mol. The smallest absolute Gasteiger partial charge is 0.176 e. The van der Waals surface area contributed by atoms with Gasteiger partial charge in [-0.15, -0.1) is 11.3 Å². The van der Waals surface area contributed by atoms with Gasteiger partial charge in [0.25, 0.3) is 0 Å². The summed E-state index contributed by atoms with van der Waals surface area (Å²) >= 11 is 1.45. The number of carbonyl (C=O) groups is 1. The Bertz CT molecular complexity index is 584. The van der Waals surface area contributed by atoms with Crippen LogP contribution < -0.4 is 0 Å². The summed E-state index contributed by atoms with van der Waals surface area (Å²) in [5.41, 5.74) is 0. The number of fused-ring (bicyclic) bond motifs is 1. The molecular weight excluding hydrogens is 251 g/mol. The molecule has 0 unspecified atom stereocenters. The van der Waals surface area contributed by atoms with Gasteiger partial charge >= 0.3 is 0 Å². The van der Waals surface area contributed by atoms with Gasteiger partial charge in [-0.1, -0.05) is 0 Å². The van der Waals surface area contributed by atoms with E-state index in [0.29, 0.717) is 13.2 Å². The molecular formula is C14H13FO2S. The fraction of sp³-hybridized carbons (Fsp3) is 0.357. The van der Waals surface area contributed by atoms with Crippen molar-refractivity contribution in [1.82, 2.24) is 0 Å². The van der Waals surface area contributed by atoms with E-state index in [-0.39, 0.29) is 17.5 Å². The molecule has 1 aliphatic rings. The van der Waals surface area contributed by atoms with Gasteiger partial charge in [0.1, 0.15) is 5.82 Å². The van der Waals surface area contributed by atoms with Gasteiger partial charge in [-0.3, -0.25) is 4.79 Å². The van der Waals surface area contributed by atoms with E-state index in [9.17, 15) is 9.18 Å². The molecule has 0 bridgehead atoms. The lowest BCUT2D eigenvalue weighted by atomic mass is 9.94. The minimum absolute atomic E-state index is 0.0664. The lowest BCUT2D eigenvalue weighted by molar-refractivity contribution is 0.0547. The Kier molecular flexibility index (Phi) is 3.14. The van der Waals surface area contributed by atoms with Crippen LogP contribution in [0.2, 0.25) is 0 Å². The number of halogens is 1. The number of benzene rings is 1. The molecule has 2 aromatic rings. The molecule has 0 amide bonds. The predicted molar refractivity (Wildman–Crippen MR) is 69.7 cm³/mol. The van der Waals surface area contributed by atoms with Crippen molar-refractivity contribution in [2.24, 2.45) is 5.92 Å².